The second kappa shape index (κ2) is 3.18. The summed E-state index contributed by atoms with van der Waals surface area (Å²) in [5.41, 5.74) is 7.90. The van der Waals surface area contributed by atoms with Crippen LogP contribution < -0.4 is 5.73 Å². The zero-order valence-corrected chi connectivity index (χ0v) is 9.11. The van der Waals surface area contributed by atoms with Crippen LogP contribution in [0.2, 0.25) is 5.15 Å². The molecule has 0 fully saturated rings. The first kappa shape index (κ1) is 9.59. The summed E-state index contributed by atoms with van der Waals surface area (Å²) in [5, 5.41) is 4.55. The number of fused-ring (bicyclic) bond motifs is 3. The van der Waals surface area contributed by atoms with Gasteiger partial charge >= 0.3 is 0 Å². The predicted molar refractivity (Wildman–Crippen MR) is 58.3 cm³/mol. The minimum absolute atomic E-state index is 0.241. The quantitative estimate of drug-likeness (QED) is 0.800. The molecular weight excluding hydrogens is 228 g/mol. The summed E-state index contributed by atoms with van der Waals surface area (Å²) in [6.45, 7) is 0. The lowest BCUT2D eigenvalue weighted by Crippen LogP contribution is -2.19. The van der Waals surface area contributed by atoms with E-state index in [0.29, 0.717) is 10.8 Å². The summed E-state index contributed by atoms with van der Waals surface area (Å²) in [6, 6.07) is 1.69. The molecule has 0 saturated carbocycles. The number of primary amides is 1. The molecule has 5 nitrogen and oxygen atoms in total. The monoisotopic (exact) mass is 236 g/mol. The van der Waals surface area contributed by atoms with Crippen molar-refractivity contribution in [2.75, 3.05) is 0 Å². The Hall–Kier alpha value is -1.62. The maximum atomic E-state index is 11.2. The van der Waals surface area contributed by atoms with E-state index in [1.54, 1.807) is 16.8 Å². The molecule has 1 amide bonds. The number of nitrogens with two attached hydrogens (primary N) is 1. The molecule has 0 radical (unpaired) electrons. The van der Waals surface area contributed by atoms with E-state index in [0.717, 1.165) is 24.1 Å². The fourth-order valence-corrected chi connectivity index (χ4v) is 2.41. The maximum absolute atomic E-state index is 11.2. The van der Waals surface area contributed by atoms with Crippen LogP contribution in [0.15, 0.2) is 12.3 Å². The van der Waals surface area contributed by atoms with Gasteiger partial charge in [-0.25, -0.2) is 9.50 Å². The highest BCUT2D eigenvalue weighted by atomic mass is 35.5. The molecule has 1 aliphatic carbocycles. The molecule has 16 heavy (non-hydrogen) atoms. The summed E-state index contributed by atoms with van der Waals surface area (Å²) < 4.78 is 1.70. The molecule has 0 spiro atoms. The Labute approximate surface area is 96.2 Å². The van der Waals surface area contributed by atoms with Gasteiger partial charge in [0.25, 0.3) is 0 Å². The average molecular weight is 237 g/mol. The maximum Gasteiger partial charge on any atom is 0.225 e. The fourth-order valence-electron chi connectivity index (χ4n) is 2.24. The molecule has 3 rings (SSSR count). The lowest BCUT2D eigenvalue weighted by Gasteiger charge is -2.06. The molecule has 2 heterocycles. The van der Waals surface area contributed by atoms with Crippen LogP contribution in [0.4, 0.5) is 0 Å². The van der Waals surface area contributed by atoms with Gasteiger partial charge in [0.1, 0.15) is 0 Å². The van der Waals surface area contributed by atoms with E-state index < -0.39 is 0 Å². The first-order valence-electron chi connectivity index (χ1n) is 4.99. The van der Waals surface area contributed by atoms with Crippen molar-refractivity contribution in [2.24, 2.45) is 5.73 Å². The average Bonchev–Trinajstić information content (AvgIpc) is 2.77. The molecule has 1 atom stereocenters. The van der Waals surface area contributed by atoms with Gasteiger partial charge in [-0.1, -0.05) is 11.6 Å². The Kier molecular flexibility index (Phi) is 1.91. The number of hydrogen-bond donors (Lipinski definition) is 1. The van der Waals surface area contributed by atoms with Crippen molar-refractivity contribution in [3.8, 4) is 0 Å². The zero-order valence-electron chi connectivity index (χ0n) is 8.35. The van der Waals surface area contributed by atoms with E-state index >= 15 is 0 Å². The van der Waals surface area contributed by atoms with Gasteiger partial charge in [-0.15, -0.1) is 0 Å². The topological polar surface area (TPSA) is 73.3 Å². The SMILES string of the molecule is NC(=O)C1CCc2c1cnc1cc(Cl)nn21. The van der Waals surface area contributed by atoms with Crippen LogP contribution in [0.25, 0.3) is 5.65 Å². The highest BCUT2D eigenvalue weighted by molar-refractivity contribution is 6.29. The van der Waals surface area contributed by atoms with Gasteiger partial charge in [0.15, 0.2) is 10.8 Å². The standard InChI is InChI=1S/C10H9ClN4O/c11-8-3-9-13-4-6-5(10(12)16)1-2-7(6)15(9)14-8/h3-5H,1-2H2,(H2,12,16). The Morgan fingerprint density at radius 3 is 3.19 bits per heavy atom. The first-order chi connectivity index (χ1) is 7.66. The lowest BCUT2D eigenvalue weighted by molar-refractivity contribution is -0.119. The molecule has 0 aromatic carbocycles. The summed E-state index contributed by atoms with van der Waals surface area (Å²) >= 11 is 5.82. The van der Waals surface area contributed by atoms with Crippen LogP contribution >= 0.6 is 11.6 Å². The number of nitrogens with zero attached hydrogens (tertiary/aromatic N) is 3. The van der Waals surface area contributed by atoms with E-state index in [4.69, 9.17) is 17.3 Å². The van der Waals surface area contributed by atoms with Gasteiger partial charge in [0.2, 0.25) is 5.91 Å². The van der Waals surface area contributed by atoms with Crippen LogP contribution in [0.5, 0.6) is 0 Å². The van der Waals surface area contributed by atoms with Gasteiger partial charge in [-0.3, -0.25) is 4.79 Å². The lowest BCUT2D eigenvalue weighted by atomic mass is 10.0. The third-order valence-electron chi connectivity index (χ3n) is 2.97. The molecule has 1 unspecified atom stereocenters. The van der Waals surface area contributed by atoms with Gasteiger partial charge < -0.3 is 5.73 Å². The van der Waals surface area contributed by atoms with Crippen molar-refractivity contribution in [3.63, 3.8) is 0 Å². The number of hydrogen-bond acceptors (Lipinski definition) is 3. The Morgan fingerprint density at radius 2 is 2.44 bits per heavy atom. The second-order valence-electron chi connectivity index (χ2n) is 3.89. The minimum atomic E-state index is -0.307. The minimum Gasteiger partial charge on any atom is -0.369 e. The van der Waals surface area contributed by atoms with E-state index in [1.165, 1.54) is 0 Å². The first-order valence-corrected chi connectivity index (χ1v) is 5.37. The highest BCUT2D eigenvalue weighted by Crippen LogP contribution is 2.32. The molecular formula is C10H9ClN4O. The Balaban J connectivity index is 2.26. The van der Waals surface area contributed by atoms with Crippen molar-refractivity contribution < 1.29 is 4.79 Å². The molecule has 6 heteroatoms. The van der Waals surface area contributed by atoms with Crippen LogP contribution in [-0.4, -0.2) is 20.5 Å². The van der Waals surface area contributed by atoms with Crippen LogP contribution in [0.1, 0.15) is 23.6 Å². The van der Waals surface area contributed by atoms with Crippen molar-refractivity contribution in [2.45, 2.75) is 18.8 Å². The largest absolute Gasteiger partial charge is 0.369 e. The van der Waals surface area contributed by atoms with E-state index in [-0.39, 0.29) is 11.8 Å². The Bertz CT molecular complexity index is 592. The normalized spacial score (nSPS) is 18.9. The van der Waals surface area contributed by atoms with E-state index in [1.807, 2.05) is 0 Å². The van der Waals surface area contributed by atoms with Crippen molar-refractivity contribution in [1.82, 2.24) is 14.6 Å². The number of amides is 1. The number of aryl methyl sites for hydroxylation is 1. The van der Waals surface area contributed by atoms with E-state index in [2.05, 4.69) is 10.1 Å². The van der Waals surface area contributed by atoms with Crippen molar-refractivity contribution >= 4 is 23.2 Å². The van der Waals surface area contributed by atoms with Crippen molar-refractivity contribution in [3.05, 3.63) is 28.7 Å². The fraction of sp³-hybridized carbons (Fsp3) is 0.300. The molecule has 2 aromatic heterocycles. The highest BCUT2D eigenvalue weighted by Gasteiger charge is 2.29. The molecule has 82 valence electrons. The number of aromatic nitrogens is 3. The van der Waals surface area contributed by atoms with E-state index in [9.17, 15) is 4.79 Å². The molecule has 0 saturated heterocycles. The predicted octanol–water partition coefficient (Wildman–Crippen LogP) is 0.898. The van der Waals surface area contributed by atoms with Gasteiger partial charge in [0.05, 0.1) is 11.6 Å². The van der Waals surface area contributed by atoms with Crippen molar-refractivity contribution in [1.29, 1.82) is 0 Å². The van der Waals surface area contributed by atoms with Crippen LogP contribution in [0.3, 0.4) is 0 Å². The number of rotatable bonds is 1. The molecule has 0 aliphatic heterocycles. The third kappa shape index (κ3) is 1.21. The van der Waals surface area contributed by atoms with Crippen LogP contribution in [0, 0.1) is 0 Å². The summed E-state index contributed by atoms with van der Waals surface area (Å²) in [7, 11) is 0. The van der Waals surface area contributed by atoms with Gasteiger partial charge in [0, 0.05) is 17.8 Å². The van der Waals surface area contributed by atoms with Crippen LogP contribution in [-0.2, 0) is 11.2 Å². The third-order valence-corrected chi connectivity index (χ3v) is 3.16. The molecule has 2 aromatic rings. The molecule has 1 aliphatic rings. The number of halogens is 1. The molecule has 2 N–H and O–H groups in total. The number of carbonyl (C=O) groups is 1. The zero-order chi connectivity index (χ0) is 11.3. The van der Waals surface area contributed by atoms with Gasteiger partial charge in [-0.05, 0) is 12.8 Å². The molecule has 0 bridgehead atoms. The number of carbonyl (C=O) groups excluding carboxylic acids is 1. The van der Waals surface area contributed by atoms with Gasteiger partial charge in [-0.2, -0.15) is 5.10 Å². The Morgan fingerprint density at radius 1 is 1.62 bits per heavy atom. The summed E-state index contributed by atoms with van der Waals surface area (Å²) in [6.07, 6.45) is 3.20. The smallest absolute Gasteiger partial charge is 0.225 e. The summed E-state index contributed by atoms with van der Waals surface area (Å²) in [5.74, 6) is -0.548. The summed E-state index contributed by atoms with van der Waals surface area (Å²) in [4.78, 5) is 15.5. The second-order valence-corrected chi connectivity index (χ2v) is 4.28.